The summed E-state index contributed by atoms with van der Waals surface area (Å²) in [6.45, 7) is 0.664. The molecule has 0 spiro atoms. The van der Waals surface area contributed by atoms with E-state index in [4.69, 9.17) is 0 Å². The minimum atomic E-state index is -2.22. The Kier molecular flexibility index (Phi) is 5.12. The molecule has 0 aromatic heterocycles. The highest BCUT2D eigenvalue weighted by Gasteiger charge is 2.53. The second kappa shape index (κ2) is 8.07. The van der Waals surface area contributed by atoms with Crippen molar-refractivity contribution < 1.29 is 5.11 Å². The summed E-state index contributed by atoms with van der Waals surface area (Å²) in [5.74, 6) is 0. The van der Waals surface area contributed by atoms with Crippen LogP contribution in [0, 0.1) is 0 Å². The summed E-state index contributed by atoms with van der Waals surface area (Å²) in [5, 5.41) is 21.4. The van der Waals surface area contributed by atoms with Gasteiger partial charge in [-0.25, -0.2) is 0 Å². The van der Waals surface area contributed by atoms with Gasteiger partial charge in [0.05, 0.1) is 12.2 Å². The number of anilines is 1. The molecule has 2 nitrogen and oxygen atoms in total. The Labute approximate surface area is 178 Å². The third kappa shape index (κ3) is 3.04. The summed E-state index contributed by atoms with van der Waals surface area (Å²) < 4.78 is 0. The van der Waals surface area contributed by atoms with Crippen molar-refractivity contribution in [2.24, 2.45) is 0 Å². The maximum Gasteiger partial charge on any atom is 0.116 e. The maximum atomic E-state index is 14.1. The van der Waals surface area contributed by atoms with E-state index in [1.54, 1.807) is 0 Å². The van der Waals surface area contributed by atoms with Crippen molar-refractivity contribution in [1.29, 1.82) is 0 Å². The third-order valence-electron chi connectivity index (χ3n) is 6.11. The van der Waals surface area contributed by atoms with E-state index < -0.39 is 13.4 Å². The van der Waals surface area contributed by atoms with Crippen LogP contribution in [0.2, 0.25) is 0 Å². The van der Waals surface area contributed by atoms with Crippen LogP contribution in [0.5, 0.6) is 0 Å². The molecule has 1 aliphatic heterocycles. The van der Waals surface area contributed by atoms with E-state index in [9.17, 15) is 5.11 Å². The van der Waals surface area contributed by atoms with E-state index >= 15 is 0 Å². The Morgan fingerprint density at radius 2 is 1.03 bits per heavy atom. The van der Waals surface area contributed by atoms with Gasteiger partial charge in [-0.1, -0.05) is 78.9 Å². The second-order valence-corrected chi connectivity index (χ2v) is 11.3. The molecule has 2 unspecified atom stereocenters. The standard InChI is InChI=1S/C27H24NOP/c29-27-24-18-10-11-19-25(24)28-20-26(27)30(21-12-4-1-5-13-21,22-14-6-2-7-15-22)23-16-8-3-9-17-23/h1-19,26-28H,20H2. The van der Waals surface area contributed by atoms with Crippen LogP contribution in [0.1, 0.15) is 11.7 Å². The molecule has 3 heteroatoms. The molecule has 0 fully saturated rings. The van der Waals surface area contributed by atoms with Crippen LogP contribution in [-0.4, -0.2) is 12.2 Å². The highest BCUT2D eigenvalue weighted by Crippen LogP contribution is 2.63. The van der Waals surface area contributed by atoms with Gasteiger partial charge in [-0.3, -0.25) is 0 Å². The average Bonchev–Trinajstić information content (AvgIpc) is 2.83. The zero-order chi connectivity index (χ0) is 20.4. The molecule has 0 radical (unpaired) electrons. The fourth-order valence-corrected chi connectivity index (χ4v) is 9.69. The molecule has 0 saturated carbocycles. The second-order valence-electron chi connectivity index (χ2n) is 7.69. The molecule has 5 rings (SSSR count). The number of para-hydroxylation sites is 1. The van der Waals surface area contributed by atoms with Crippen LogP contribution in [0.4, 0.5) is 5.69 Å². The molecular formula is C27H24NOP. The van der Waals surface area contributed by atoms with Crippen LogP contribution in [0.3, 0.4) is 0 Å². The van der Waals surface area contributed by atoms with Crippen LogP contribution < -0.4 is 26.3 Å². The number of hydrogen-bond donors (Lipinski definition) is 1. The smallest absolute Gasteiger partial charge is 0.116 e. The lowest BCUT2D eigenvalue weighted by atomic mass is 10.0. The predicted molar refractivity (Wildman–Crippen MR) is 127 cm³/mol. The van der Waals surface area contributed by atoms with Crippen LogP contribution in [0.25, 0.3) is 0 Å². The quantitative estimate of drug-likeness (QED) is 0.519. The van der Waals surface area contributed by atoms with Crippen molar-refractivity contribution in [3.8, 4) is 0 Å². The lowest BCUT2D eigenvalue weighted by Gasteiger charge is -2.45. The van der Waals surface area contributed by atoms with Gasteiger partial charge in [0.1, 0.15) is 23.2 Å². The first-order chi connectivity index (χ1) is 14.8. The Balaban J connectivity index is 1.81. The van der Waals surface area contributed by atoms with Gasteiger partial charge in [-0.15, -0.1) is 0 Å². The van der Waals surface area contributed by atoms with Gasteiger partial charge in [-0.2, -0.15) is 0 Å². The number of benzene rings is 4. The lowest BCUT2D eigenvalue weighted by molar-refractivity contribution is -0.426. The Bertz CT molecular complexity index is 1020. The number of fused-ring (bicyclic) bond motifs is 1. The molecule has 0 aliphatic carbocycles. The molecule has 30 heavy (non-hydrogen) atoms. The van der Waals surface area contributed by atoms with Crippen molar-refractivity contribution in [3.63, 3.8) is 0 Å². The monoisotopic (exact) mass is 409 g/mol. The molecule has 4 aromatic rings. The zero-order valence-corrected chi connectivity index (χ0v) is 17.6. The Hall–Kier alpha value is -2.93. The van der Waals surface area contributed by atoms with Gasteiger partial charge in [0.25, 0.3) is 0 Å². The molecule has 4 aromatic carbocycles. The van der Waals surface area contributed by atoms with Crippen molar-refractivity contribution in [3.05, 3.63) is 121 Å². The fraction of sp³-hybridized carbons (Fsp3) is 0.111. The van der Waals surface area contributed by atoms with Gasteiger partial charge in [-0.05, 0) is 48.0 Å². The molecule has 1 aliphatic rings. The van der Waals surface area contributed by atoms with Gasteiger partial charge in [0.15, 0.2) is 0 Å². The molecule has 148 valence electrons. The number of nitrogens with one attached hydrogen (secondary N) is 1. The normalized spacial score (nSPS) is 18.3. The summed E-state index contributed by atoms with van der Waals surface area (Å²) in [6.07, 6.45) is -0.795. The first-order valence-electron chi connectivity index (χ1n) is 10.4. The predicted octanol–water partition coefficient (Wildman–Crippen LogP) is 3.88. The van der Waals surface area contributed by atoms with Crippen LogP contribution in [0.15, 0.2) is 115 Å². The highest BCUT2D eigenvalue weighted by atomic mass is 31.2. The minimum absolute atomic E-state index is 0.0837. The minimum Gasteiger partial charge on any atom is -0.846 e. The molecule has 1 heterocycles. The summed E-state index contributed by atoms with van der Waals surface area (Å²) in [5.41, 5.74) is 1.77. The largest absolute Gasteiger partial charge is 0.846 e. The summed E-state index contributed by atoms with van der Waals surface area (Å²) in [7, 11) is -2.22. The average molecular weight is 409 g/mol. The first-order valence-corrected chi connectivity index (χ1v) is 12.2. The van der Waals surface area contributed by atoms with Crippen molar-refractivity contribution in [2.45, 2.75) is 11.8 Å². The summed E-state index contributed by atoms with van der Waals surface area (Å²) in [6, 6.07) is 40.0. The van der Waals surface area contributed by atoms with Gasteiger partial charge >= 0.3 is 0 Å². The van der Waals surface area contributed by atoms with Crippen LogP contribution in [-0.2, 0) is 0 Å². The molecule has 2 atom stereocenters. The SMILES string of the molecule is [O-]C1c2ccccc2NCC1[P+](c1ccccc1)(c1ccccc1)c1ccccc1. The van der Waals surface area contributed by atoms with E-state index in [1.165, 1.54) is 15.9 Å². The Morgan fingerprint density at radius 1 is 0.600 bits per heavy atom. The molecule has 0 amide bonds. The number of rotatable bonds is 4. The maximum absolute atomic E-state index is 14.1. The fourth-order valence-electron chi connectivity index (χ4n) is 4.79. The van der Waals surface area contributed by atoms with Crippen molar-refractivity contribution in [1.82, 2.24) is 0 Å². The van der Waals surface area contributed by atoms with E-state index in [0.29, 0.717) is 6.54 Å². The van der Waals surface area contributed by atoms with Gasteiger partial charge in [0, 0.05) is 5.69 Å². The van der Waals surface area contributed by atoms with E-state index in [2.05, 4.69) is 96.3 Å². The molecular weight excluding hydrogens is 385 g/mol. The summed E-state index contributed by atoms with van der Waals surface area (Å²) >= 11 is 0. The van der Waals surface area contributed by atoms with Gasteiger partial charge < -0.3 is 10.4 Å². The molecule has 0 saturated heterocycles. The highest BCUT2D eigenvalue weighted by molar-refractivity contribution is 7.96. The van der Waals surface area contributed by atoms with Crippen molar-refractivity contribution in [2.75, 3.05) is 11.9 Å². The van der Waals surface area contributed by atoms with Crippen molar-refractivity contribution >= 4 is 28.9 Å². The topological polar surface area (TPSA) is 35.1 Å². The third-order valence-corrected chi connectivity index (χ3v) is 10.9. The van der Waals surface area contributed by atoms with E-state index in [0.717, 1.165) is 11.3 Å². The van der Waals surface area contributed by atoms with E-state index in [1.807, 2.05) is 24.3 Å². The zero-order valence-electron chi connectivity index (χ0n) is 16.7. The number of hydrogen-bond acceptors (Lipinski definition) is 2. The summed E-state index contributed by atoms with van der Waals surface area (Å²) in [4.78, 5) is 0. The lowest BCUT2D eigenvalue weighted by Crippen LogP contribution is -2.49. The van der Waals surface area contributed by atoms with Gasteiger partial charge in [0.2, 0.25) is 0 Å². The Morgan fingerprint density at radius 3 is 1.53 bits per heavy atom. The molecule has 0 bridgehead atoms. The van der Waals surface area contributed by atoms with Crippen LogP contribution >= 0.6 is 7.26 Å². The van der Waals surface area contributed by atoms with E-state index in [-0.39, 0.29) is 5.66 Å². The first kappa shape index (κ1) is 19.1. The molecule has 1 N–H and O–H groups in total.